The third-order valence-corrected chi connectivity index (χ3v) is 1.93. The lowest BCUT2D eigenvalue weighted by molar-refractivity contribution is -0.154. The molecule has 0 radical (unpaired) electrons. The Hall–Kier alpha value is -1.11. The molecule has 7 heteroatoms. The first kappa shape index (κ1) is 15.9. The van der Waals surface area contributed by atoms with Crippen LogP contribution >= 0.6 is 15.9 Å². The molecule has 0 aliphatic heterocycles. The zero-order valence-electron chi connectivity index (χ0n) is 9.69. The maximum Gasteiger partial charge on any atom is 0.322 e. The van der Waals surface area contributed by atoms with E-state index in [0.717, 1.165) is 0 Å². The molecule has 98 valence electrons. The lowest BCUT2D eigenvalue weighted by Gasteiger charge is -2.14. The van der Waals surface area contributed by atoms with Crippen molar-refractivity contribution in [3.8, 4) is 0 Å². The number of carbonyl (C=O) groups excluding carboxylic acids is 2. The standard InChI is InChI=1S/C10H15BrO6/c1-10(2,11)9(15)17-6-5-16-8(14)4-3-7(12)13/h3-6H2,1-2H3,(H,12,13). The topological polar surface area (TPSA) is 89.9 Å². The molecular weight excluding hydrogens is 296 g/mol. The second-order valence-electron chi connectivity index (χ2n) is 3.72. The van der Waals surface area contributed by atoms with Gasteiger partial charge in [0.15, 0.2) is 0 Å². The first-order chi connectivity index (χ1) is 7.73. The van der Waals surface area contributed by atoms with Crippen molar-refractivity contribution in [1.82, 2.24) is 0 Å². The maximum absolute atomic E-state index is 11.2. The predicted molar refractivity (Wildman–Crippen MR) is 61.8 cm³/mol. The molecule has 0 aliphatic carbocycles. The Morgan fingerprint density at radius 3 is 2.12 bits per heavy atom. The molecule has 6 nitrogen and oxygen atoms in total. The molecule has 0 saturated heterocycles. The SMILES string of the molecule is CC(C)(Br)C(=O)OCCOC(=O)CCC(=O)O. The number of carboxylic acid groups (broad SMARTS) is 1. The fourth-order valence-corrected chi connectivity index (χ4v) is 0.857. The van der Waals surface area contributed by atoms with Crippen LogP contribution < -0.4 is 0 Å². The van der Waals surface area contributed by atoms with Crippen LogP contribution in [0.5, 0.6) is 0 Å². The summed E-state index contributed by atoms with van der Waals surface area (Å²) in [5.41, 5.74) is 0. The van der Waals surface area contributed by atoms with Gasteiger partial charge in [-0.3, -0.25) is 14.4 Å². The van der Waals surface area contributed by atoms with E-state index in [1.807, 2.05) is 0 Å². The highest BCUT2D eigenvalue weighted by molar-refractivity contribution is 9.10. The first-order valence-corrected chi connectivity index (χ1v) is 5.76. The van der Waals surface area contributed by atoms with Crippen LogP contribution in [0.3, 0.4) is 0 Å². The highest BCUT2D eigenvalue weighted by atomic mass is 79.9. The van der Waals surface area contributed by atoms with Gasteiger partial charge in [-0.15, -0.1) is 0 Å². The molecule has 0 aromatic carbocycles. The number of alkyl halides is 1. The molecule has 0 atom stereocenters. The minimum atomic E-state index is -1.06. The second-order valence-corrected chi connectivity index (χ2v) is 5.71. The van der Waals surface area contributed by atoms with Crippen LogP contribution in [0.4, 0.5) is 0 Å². The summed E-state index contributed by atoms with van der Waals surface area (Å²) in [6, 6.07) is 0. The summed E-state index contributed by atoms with van der Waals surface area (Å²) in [7, 11) is 0. The minimum Gasteiger partial charge on any atom is -0.481 e. The molecule has 0 aromatic heterocycles. The molecule has 1 N–H and O–H groups in total. The molecule has 0 spiro atoms. The zero-order valence-corrected chi connectivity index (χ0v) is 11.3. The zero-order chi connectivity index (χ0) is 13.5. The molecule has 0 aliphatic rings. The second kappa shape index (κ2) is 7.26. The van der Waals surface area contributed by atoms with Crippen LogP contribution in [0.15, 0.2) is 0 Å². The summed E-state index contributed by atoms with van der Waals surface area (Å²) < 4.78 is 8.69. The van der Waals surface area contributed by atoms with Crippen molar-refractivity contribution < 1.29 is 29.0 Å². The van der Waals surface area contributed by atoms with Gasteiger partial charge in [0.1, 0.15) is 17.5 Å². The maximum atomic E-state index is 11.2. The van der Waals surface area contributed by atoms with Crippen molar-refractivity contribution >= 4 is 33.8 Å². The monoisotopic (exact) mass is 310 g/mol. The largest absolute Gasteiger partial charge is 0.481 e. The molecule has 17 heavy (non-hydrogen) atoms. The smallest absolute Gasteiger partial charge is 0.322 e. The van der Waals surface area contributed by atoms with Gasteiger partial charge in [-0.05, 0) is 13.8 Å². The summed E-state index contributed by atoms with van der Waals surface area (Å²) in [5.74, 6) is -2.14. The van der Waals surface area contributed by atoms with Gasteiger partial charge in [0.25, 0.3) is 0 Å². The number of hydrogen-bond donors (Lipinski definition) is 1. The molecule has 0 amide bonds. The van der Waals surface area contributed by atoms with Crippen LogP contribution in [0.2, 0.25) is 0 Å². The van der Waals surface area contributed by atoms with E-state index in [1.165, 1.54) is 0 Å². The van der Waals surface area contributed by atoms with Crippen molar-refractivity contribution in [2.24, 2.45) is 0 Å². The van der Waals surface area contributed by atoms with Gasteiger partial charge in [-0.25, -0.2) is 0 Å². The Bertz CT molecular complexity index is 294. The van der Waals surface area contributed by atoms with Crippen molar-refractivity contribution in [1.29, 1.82) is 0 Å². The average molecular weight is 311 g/mol. The summed E-state index contributed by atoms with van der Waals surface area (Å²) in [5, 5.41) is 8.31. The van der Waals surface area contributed by atoms with Crippen LogP contribution in [-0.4, -0.2) is 40.6 Å². The lowest BCUT2D eigenvalue weighted by atomic mass is 10.2. The van der Waals surface area contributed by atoms with Gasteiger partial charge in [-0.2, -0.15) is 0 Å². The summed E-state index contributed by atoms with van der Waals surface area (Å²) in [6.07, 6.45) is -0.458. The van der Waals surface area contributed by atoms with Crippen LogP contribution in [0.25, 0.3) is 0 Å². The van der Waals surface area contributed by atoms with E-state index in [9.17, 15) is 14.4 Å². The Kier molecular flexibility index (Phi) is 6.79. The van der Waals surface area contributed by atoms with E-state index in [-0.39, 0.29) is 26.1 Å². The normalized spacial score (nSPS) is 10.8. The summed E-state index contributed by atoms with van der Waals surface area (Å²) >= 11 is 3.12. The molecule has 0 aromatic rings. The highest BCUT2D eigenvalue weighted by Gasteiger charge is 2.25. The van der Waals surface area contributed by atoms with Crippen molar-refractivity contribution in [2.75, 3.05) is 13.2 Å². The third-order valence-electron chi connectivity index (χ3n) is 1.61. The predicted octanol–water partition coefficient (Wildman–Crippen LogP) is 1.11. The van der Waals surface area contributed by atoms with Gasteiger partial charge in [0, 0.05) is 0 Å². The van der Waals surface area contributed by atoms with Gasteiger partial charge >= 0.3 is 17.9 Å². The van der Waals surface area contributed by atoms with Gasteiger partial charge in [-0.1, -0.05) is 15.9 Å². The van der Waals surface area contributed by atoms with E-state index in [1.54, 1.807) is 13.8 Å². The van der Waals surface area contributed by atoms with Gasteiger partial charge in [0.05, 0.1) is 12.8 Å². The summed E-state index contributed by atoms with van der Waals surface area (Å²) in [4.78, 5) is 32.3. The molecule has 0 unspecified atom stereocenters. The van der Waals surface area contributed by atoms with E-state index >= 15 is 0 Å². The molecule has 0 rings (SSSR count). The van der Waals surface area contributed by atoms with Crippen LogP contribution in [0, 0.1) is 0 Å². The highest BCUT2D eigenvalue weighted by Crippen LogP contribution is 2.17. The first-order valence-electron chi connectivity index (χ1n) is 4.97. The van der Waals surface area contributed by atoms with E-state index in [0.29, 0.717) is 0 Å². The number of ether oxygens (including phenoxy) is 2. The Balaban J connectivity index is 3.62. The number of hydrogen-bond acceptors (Lipinski definition) is 5. The molecular formula is C10H15BrO6. The number of carbonyl (C=O) groups is 3. The number of halogens is 1. The number of carboxylic acids is 1. The van der Waals surface area contributed by atoms with Crippen LogP contribution in [-0.2, 0) is 23.9 Å². The van der Waals surface area contributed by atoms with Gasteiger partial charge in [0.2, 0.25) is 0 Å². The fourth-order valence-electron chi connectivity index (χ4n) is 0.743. The summed E-state index contributed by atoms with van der Waals surface area (Å²) in [6.45, 7) is 3.14. The number of rotatable bonds is 7. The van der Waals surface area contributed by atoms with Crippen LogP contribution in [0.1, 0.15) is 26.7 Å². The number of esters is 2. The van der Waals surface area contributed by atoms with Crippen molar-refractivity contribution in [3.63, 3.8) is 0 Å². The number of aliphatic carboxylic acids is 1. The Morgan fingerprint density at radius 1 is 1.12 bits per heavy atom. The molecule has 0 saturated carbocycles. The quantitative estimate of drug-likeness (QED) is 0.430. The van der Waals surface area contributed by atoms with E-state index in [4.69, 9.17) is 9.84 Å². The third kappa shape index (κ3) is 8.67. The Labute approximate surface area is 107 Å². The molecule has 0 fully saturated rings. The van der Waals surface area contributed by atoms with Crippen molar-refractivity contribution in [3.05, 3.63) is 0 Å². The minimum absolute atomic E-state index is 0.0489. The van der Waals surface area contributed by atoms with Crippen molar-refractivity contribution in [2.45, 2.75) is 31.0 Å². The molecule has 0 heterocycles. The fraction of sp³-hybridized carbons (Fsp3) is 0.700. The Morgan fingerprint density at radius 2 is 1.65 bits per heavy atom. The van der Waals surface area contributed by atoms with E-state index in [2.05, 4.69) is 20.7 Å². The lowest BCUT2D eigenvalue weighted by Crippen LogP contribution is -2.28. The molecule has 0 bridgehead atoms. The van der Waals surface area contributed by atoms with E-state index < -0.39 is 22.2 Å². The van der Waals surface area contributed by atoms with Gasteiger partial charge < -0.3 is 14.6 Å². The average Bonchev–Trinajstić information content (AvgIpc) is 2.19.